The third-order valence-corrected chi connectivity index (χ3v) is 4.59. The quantitative estimate of drug-likeness (QED) is 0.523. The molecule has 0 unspecified atom stereocenters. The van der Waals surface area contributed by atoms with Crippen molar-refractivity contribution in [1.29, 1.82) is 0 Å². The fraction of sp³-hybridized carbons (Fsp3) is 0.261. The van der Waals surface area contributed by atoms with Crippen molar-refractivity contribution >= 4 is 12.0 Å². The minimum Gasteiger partial charge on any atom is -0.493 e. The summed E-state index contributed by atoms with van der Waals surface area (Å²) >= 11 is 0. The number of likely N-dealkylation sites (N-methyl/N-ethyl adjacent to an activating group) is 1. The van der Waals surface area contributed by atoms with E-state index in [-0.39, 0.29) is 12.5 Å². The van der Waals surface area contributed by atoms with Crippen LogP contribution in [0.3, 0.4) is 0 Å². The predicted molar refractivity (Wildman–Crippen MR) is 114 cm³/mol. The summed E-state index contributed by atoms with van der Waals surface area (Å²) in [4.78, 5) is 18.7. The van der Waals surface area contributed by atoms with Crippen LogP contribution in [0.1, 0.15) is 23.9 Å². The van der Waals surface area contributed by atoms with E-state index in [2.05, 4.69) is 10.1 Å². The van der Waals surface area contributed by atoms with Gasteiger partial charge in [0.25, 0.3) is 0 Å². The summed E-state index contributed by atoms with van der Waals surface area (Å²) in [5, 5.41) is 4.04. The molecule has 0 bridgehead atoms. The van der Waals surface area contributed by atoms with Gasteiger partial charge in [-0.25, -0.2) is 0 Å². The minimum absolute atomic E-state index is 0.150. The van der Waals surface area contributed by atoms with Gasteiger partial charge in [-0.3, -0.25) is 4.79 Å². The van der Waals surface area contributed by atoms with Crippen molar-refractivity contribution < 1.29 is 18.8 Å². The maximum absolute atomic E-state index is 12.6. The molecular weight excluding hydrogens is 382 g/mol. The summed E-state index contributed by atoms with van der Waals surface area (Å²) in [6.45, 7) is 4.66. The molecular formula is C23H25N3O4. The number of methoxy groups -OCH3 is 2. The number of rotatable bonds is 8. The maximum Gasteiger partial charge on any atom is 0.247 e. The molecule has 2 aromatic carbocycles. The number of benzene rings is 2. The van der Waals surface area contributed by atoms with Crippen LogP contribution in [0.25, 0.3) is 17.5 Å². The molecule has 0 aliphatic rings. The van der Waals surface area contributed by atoms with Crippen LogP contribution in [-0.4, -0.2) is 41.7 Å². The van der Waals surface area contributed by atoms with E-state index in [4.69, 9.17) is 14.0 Å². The molecule has 156 valence electrons. The summed E-state index contributed by atoms with van der Waals surface area (Å²) in [7, 11) is 3.16. The van der Waals surface area contributed by atoms with Gasteiger partial charge >= 0.3 is 0 Å². The molecule has 3 aromatic rings. The lowest BCUT2D eigenvalue weighted by atomic mass is 10.1. The molecule has 3 rings (SSSR count). The standard InChI is InChI=1S/C23H25N3O4/c1-5-26(15-21-24-23(25-30-21)18-8-6-7-16(2)13-18)22(27)12-10-17-9-11-19(28-3)20(14-17)29-4/h6-14H,5,15H2,1-4H3. The Labute approximate surface area is 175 Å². The largest absolute Gasteiger partial charge is 0.493 e. The number of carbonyl (C=O) groups excluding carboxylic acids is 1. The molecule has 1 amide bonds. The van der Waals surface area contributed by atoms with E-state index in [1.54, 1.807) is 31.3 Å². The first-order valence-corrected chi connectivity index (χ1v) is 9.62. The average molecular weight is 407 g/mol. The summed E-state index contributed by atoms with van der Waals surface area (Å²) in [5.41, 5.74) is 2.83. The Morgan fingerprint density at radius 3 is 2.63 bits per heavy atom. The van der Waals surface area contributed by atoms with Crippen LogP contribution in [0.5, 0.6) is 11.5 Å². The topological polar surface area (TPSA) is 77.7 Å². The maximum atomic E-state index is 12.6. The molecule has 0 aliphatic heterocycles. The van der Waals surface area contributed by atoms with E-state index in [9.17, 15) is 4.79 Å². The molecule has 0 saturated heterocycles. The number of hydrogen-bond donors (Lipinski definition) is 0. The van der Waals surface area contributed by atoms with Gasteiger partial charge in [0.2, 0.25) is 17.6 Å². The van der Waals surface area contributed by atoms with Crippen LogP contribution in [0.4, 0.5) is 0 Å². The van der Waals surface area contributed by atoms with Gasteiger partial charge in [0, 0.05) is 18.2 Å². The van der Waals surface area contributed by atoms with Crippen molar-refractivity contribution in [2.24, 2.45) is 0 Å². The Morgan fingerprint density at radius 2 is 1.93 bits per heavy atom. The normalized spacial score (nSPS) is 10.9. The second kappa shape index (κ2) is 9.73. The van der Waals surface area contributed by atoms with Crippen LogP contribution < -0.4 is 9.47 Å². The third-order valence-electron chi connectivity index (χ3n) is 4.59. The first kappa shape index (κ1) is 21.1. The molecule has 7 heteroatoms. The van der Waals surface area contributed by atoms with E-state index in [1.165, 1.54) is 6.08 Å². The summed E-state index contributed by atoms with van der Waals surface area (Å²) in [5.74, 6) is 1.99. The van der Waals surface area contributed by atoms with Gasteiger partial charge in [0.1, 0.15) is 6.54 Å². The van der Waals surface area contributed by atoms with E-state index in [0.29, 0.717) is 29.8 Å². The zero-order valence-electron chi connectivity index (χ0n) is 17.6. The number of carbonyl (C=O) groups is 1. The van der Waals surface area contributed by atoms with Gasteiger partial charge in [-0.2, -0.15) is 4.98 Å². The zero-order valence-corrected chi connectivity index (χ0v) is 17.6. The first-order chi connectivity index (χ1) is 14.5. The predicted octanol–water partition coefficient (Wildman–Crippen LogP) is 4.12. The number of amides is 1. The van der Waals surface area contributed by atoms with Gasteiger partial charge in [0.05, 0.1) is 14.2 Å². The van der Waals surface area contributed by atoms with Crippen molar-refractivity contribution in [1.82, 2.24) is 15.0 Å². The first-order valence-electron chi connectivity index (χ1n) is 9.62. The molecule has 30 heavy (non-hydrogen) atoms. The average Bonchev–Trinajstić information content (AvgIpc) is 3.24. The van der Waals surface area contributed by atoms with Crippen molar-refractivity contribution in [2.45, 2.75) is 20.4 Å². The second-order valence-corrected chi connectivity index (χ2v) is 6.68. The monoisotopic (exact) mass is 407 g/mol. The van der Waals surface area contributed by atoms with E-state index in [1.807, 2.05) is 50.2 Å². The highest BCUT2D eigenvalue weighted by molar-refractivity contribution is 5.91. The van der Waals surface area contributed by atoms with Crippen molar-refractivity contribution in [3.63, 3.8) is 0 Å². The number of aromatic nitrogens is 2. The number of hydrogen-bond acceptors (Lipinski definition) is 6. The Kier molecular flexibility index (Phi) is 6.85. The minimum atomic E-state index is -0.150. The van der Waals surface area contributed by atoms with Gasteiger partial charge in [-0.1, -0.05) is 35.0 Å². The molecule has 0 saturated carbocycles. The van der Waals surface area contributed by atoms with Crippen molar-refractivity contribution in [3.05, 3.63) is 65.6 Å². The van der Waals surface area contributed by atoms with Crippen molar-refractivity contribution in [3.8, 4) is 22.9 Å². The number of ether oxygens (including phenoxy) is 2. The molecule has 0 radical (unpaired) electrons. The number of nitrogens with zero attached hydrogens (tertiary/aromatic N) is 3. The van der Waals surface area contributed by atoms with Gasteiger partial charge in [-0.15, -0.1) is 0 Å². The Balaban J connectivity index is 1.69. The van der Waals surface area contributed by atoms with Crippen LogP contribution in [0.15, 0.2) is 53.1 Å². The van der Waals surface area contributed by atoms with Gasteiger partial charge in [-0.05, 0) is 43.7 Å². The second-order valence-electron chi connectivity index (χ2n) is 6.68. The Bertz CT molecular complexity index is 1040. The Morgan fingerprint density at radius 1 is 1.13 bits per heavy atom. The van der Waals surface area contributed by atoms with E-state index in [0.717, 1.165) is 16.7 Å². The highest BCUT2D eigenvalue weighted by Crippen LogP contribution is 2.28. The number of aryl methyl sites for hydroxylation is 1. The highest BCUT2D eigenvalue weighted by atomic mass is 16.5. The van der Waals surface area contributed by atoms with Crippen LogP contribution >= 0.6 is 0 Å². The molecule has 0 N–H and O–H groups in total. The van der Waals surface area contributed by atoms with Gasteiger partial charge < -0.3 is 18.9 Å². The fourth-order valence-corrected chi connectivity index (χ4v) is 2.96. The lowest BCUT2D eigenvalue weighted by molar-refractivity contribution is -0.126. The lowest BCUT2D eigenvalue weighted by Crippen LogP contribution is -2.28. The molecule has 0 aliphatic carbocycles. The summed E-state index contributed by atoms with van der Waals surface area (Å²) in [6.07, 6.45) is 3.25. The van der Waals surface area contributed by atoms with Crippen LogP contribution in [0.2, 0.25) is 0 Å². The SMILES string of the molecule is CCN(Cc1nc(-c2cccc(C)c2)no1)C(=O)C=Cc1ccc(OC)c(OC)c1. The smallest absolute Gasteiger partial charge is 0.247 e. The fourth-order valence-electron chi connectivity index (χ4n) is 2.96. The molecule has 1 heterocycles. The van der Waals surface area contributed by atoms with Crippen LogP contribution in [-0.2, 0) is 11.3 Å². The van der Waals surface area contributed by atoms with Crippen LogP contribution in [0, 0.1) is 6.92 Å². The Hall–Kier alpha value is -3.61. The zero-order chi connectivity index (χ0) is 21.5. The molecule has 0 atom stereocenters. The highest BCUT2D eigenvalue weighted by Gasteiger charge is 2.15. The summed E-state index contributed by atoms with van der Waals surface area (Å²) in [6, 6.07) is 13.3. The molecule has 0 fully saturated rings. The lowest BCUT2D eigenvalue weighted by Gasteiger charge is -2.16. The third kappa shape index (κ3) is 5.05. The van der Waals surface area contributed by atoms with E-state index >= 15 is 0 Å². The molecule has 7 nitrogen and oxygen atoms in total. The van der Waals surface area contributed by atoms with Crippen molar-refractivity contribution in [2.75, 3.05) is 20.8 Å². The van der Waals surface area contributed by atoms with E-state index < -0.39 is 0 Å². The molecule has 0 spiro atoms. The molecule has 1 aromatic heterocycles. The van der Waals surface area contributed by atoms with Gasteiger partial charge in [0.15, 0.2) is 11.5 Å². The summed E-state index contributed by atoms with van der Waals surface area (Å²) < 4.78 is 15.9.